The number of nitrogens with zero attached hydrogens (tertiary/aromatic N) is 20. The summed E-state index contributed by atoms with van der Waals surface area (Å²) in [5.74, 6) is 7.83. The first-order chi connectivity index (χ1) is 52.6. The molecule has 14 rings (SSSR count). The van der Waals surface area contributed by atoms with Crippen molar-refractivity contribution in [3.63, 3.8) is 0 Å². The Hall–Kier alpha value is -6.77. The summed E-state index contributed by atoms with van der Waals surface area (Å²) in [5.41, 5.74) is 13.5. The third-order valence-corrected chi connectivity index (χ3v) is 38.9. The average Bonchev–Trinajstić information content (AvgIpc) is 1.72. The number of ether oxygens (including phenoxy) is 2. The fourth-order valence-electron chi connectivity index (χ4n) is 11.4. The Bertz CT molecular complexity index is 4550. The van der Waals surface area contributed by atoms with Crippen molar-refractivity contribution >= 4 is 167 Å². The van der Waals surface area contributed by atoms with Gasteiger partial charge in [0.1, 0.15) is 95.8 Å². The summed E-state index contributed by atoms with van der Waals surface area (Å²) in [5, 5.41) is 55.3. The molecule has 109 heavy (non-hydrogen) atoms. The number of pyridine rings is 2. The molecule has 0 unspecified atom stereocenters. The van der Waals surface area contributed by atoms with Gasteiger partial charge in [-0.05, 0) is 108 Å². The number of thiazole rings is 2. The number of hydrogen-bond acceptors (Lipinski definition) is 31. The van der Waals surface area contributed by atoms with E-state index in [9.17, 15) is 0 Å². The molecule has 5 N–H and O–H groups in total. The number of halogens is 4. The SMILES string of the molecule is CC1=NN=C(CNc2cc(OC[C@H]3C[C@@H]3c3ccc(-c4cscn4)cn3)nc(C)n2)[SiH2]1.CCC[CH2][Sn]([CH2]CCC)([CH2]CCC)[c]1cscn1.Cc1nc(Cl)cc(Cl)n1.Cc1nc(Cl)cc(NCc2nnc(C)s2)n1.Cc1nc(NCc2nnc(C)s2)cc(OC[C@H]2C[C@@H]2c2ccc(Br)cn2)n1.Cc1nnc(CN)s1. The molecule has 2 fully saturated rings. The molecule has 0 amide bonds. The molecular weight excluding hydrogens is 1730 g/mol. The molecule has 0 spiro atoms. The minimum atomic E-state index is -2.13. The van der Waals surface area contributed by atoms with Gasteiger partial charge in [-0.15, -0.1) is 53.3 Å². The molecule has 11 aromatic heterocycles. The standard InChI is InChI=1S/C21H23N7OSSi.C18H19BrN6OS.C9H10ClN5S.C5H4Cl2N2.C4H7N3S.3C4H9.C3H2NS.Sn/c1-12-25-19(23-8-21-28-27-13(2)31-21)6-20(26-12)29-9-15-5-16(15)17-4-3-14(7-22-17)18-10-30-11-24-18;1-10-22-16(21-8-18-25-24-11(2)27-18)6-17(23-10)26-9-12-5-14(12)15-4-3-13(19)7-20-15;1-5-12-7(10)3-8(13-5)11-4-9-15-14-6(2)16-9;1-3-8-4(6)2-5(7)9-3;1-3-6-7-4(2-5)8-3;3*1-3-4-2;1-2-5-3-4-1;/h3-4,6-7,10-11,15-16H,5,8-9,31H2,1-2H3,(H,23,25,26);3-4,6-7,12,14H,5,8-9H2,1-2H3,(H,21,22,23);3H,4H2,1-2H3,(H,11,12,13);2H,1H3;2,5H2,1H3;3*1,3-4H2,2H3;2-3H;/t15-,16+;12-,14+;;;;;;;;/m11......../s1. The summed E-state index contributed by atoms with van der Waals surface area (Å²) in [4.78, 5) is 51.7. The Balaban J connectivity index is 0.000000160. The van der Waals surface area contributed by atoms with Crippen LogP contribution < -0.4 is 34.9 Å². The van der Waals surface area contributed by atoms with Crippen LogP contribution in [0.25, 0.3) is 11.3 Å². The number of aromatic nitrogens is 18. The van der Waals surface area contributed by atoms with E-state index in [0.717, 1.165) is 87.0 Å². The van der Waals surface area contributed by atoms with Crippen molar-refractivity contribution in [3.8, 4) is 23.0 Å². The van der Waals surface area contributed by atoms with Crippen molar-refractivity contribution in [2.24, 2.45) is 27.8 Å². The maximum Gasteiger partial charge on any atom is 0.218 e. The number of nitrogens with two attached hydrogens (primary N) is 1. The minimum Gasteiger partial charge on any atom is -0.477 e. The van der Waals surface area contributed by atoms with Crippen molar-refractivity contribution in [2.75, 3.05) is 35.7 Å². The van der Waals surface area contributed by atoms with Crippen LogP contribution in [-0.2, 0) is 19.6 Å². The second-order valence-electron chi connectivity index (χ2n) is 26.1. The Morgan fingerprint density at radius 2 is 0.991 bits per heavy atom. The van der Waals surface area contributed by atoms with E-state index < -0.39 is 27.9 Å². The first-order valence-electron chi connectivity index (χ1n) is 36.0. The number of anilines is 3. The Kier molecular flexibility index (Phi) is 35.2. The van der Waals surface area contributed by atoms with E-state index in [1.54, 1.807) is 69.0 Å². The molecule has 26 nitrogen and oxygen atoms in total. The first-order valence-corrected chi connectivity index (χ1v) is 51.2. The molecule has 2 aliphatic carbocycles. The predicted octanol–water partition coefficient (Wildman–Crippen LogP) is 16.5. The van der Waals surface area contributed by atoms with Crippen LogP contribution in [-0.4, -0.2) is 149 Å². The van der Waals surface area contributed by atoms with Crippen LogP contribution in [0.1, 0.15) is 156 Å². The van der Waals surface area contributed by atoms with Crippen LogP contribution in [0.5, 0.6) is 11.8 Å². The van der Waals surface area contributed by atoms with Gasteiger partial charge in [0.25, 0.3) is 0 Å². The normalized spacial score (nSPS) is 15.4. The van der Waals surface area contributed by atoms with E-state index in [2.05, 4.69) is 177 Å². The second kappa shape index (κ2) is 44.5. The topological polar surface area (TPSA) is 337 Å². The van der Waals surface area contributed by atoms with E-state index in [-0.39, 0.29) is 0 Å². The van der Waals surface area contributed by atoms with Crippen molar-refractivity contribution < 1.29 is 9.47 Å². The molecule has 0 aromatic carbocycles. The summed E-state index contributed by atoms with van der Waals surface area (Å²) in [6.07, 6.45) is 14.3. The maximum atomic E-state index is 6.00. The largest absolute Gasteiger partial charge is 0.477 e. The summed E-state index contributed by atoms with van der Waals surface area (Å²) < 4.78 is 19.1. The van der Waals surface area contributed by atoms with Gasteiger partial charge in [0.05, 0.1) is 44.1 Å². The summed E-state index contributed by atoms with van der Waals surface area (Å²) in [6, 6.07) is 15.2. The number of rotatable bonds is 29. The molecular formula is C72H92BrCl3N24O2S5SiSn. The fraction of sp³-hybridized carbons (Fsp3) is 0.444. The van der Waals surface area contributed by atoms with Gasteiger partial charge in [-0.3, -0.25) is 9.97 Å². The Labute approximate surface area is 686 Å². The van der Waals surface area contributed by atoms with E-state index in [1.165, 1.54) is 63.2 Å². The van der Waals surface area contributed by atoms with Gasteiger partial charge in [-0.2, -0.15) is 20.2 Å². The molecule has 0 radical (unpaired) electrons. The number of hydrogen-bond donors (Lipinski definition) is 4. The van der Waals surface area contributed by atoms with Crippen molar-refractivity contribution in [1.29, 1.82) is 0 Å². The van der Waals surface area contributed by atoms with Gasteiger partial charge < -0.3 is 31.2 Å². The summed E-state index contributed by atoms with van der Waals surface area (Å²) >= 11 is 26.2. The van der Waals surface area contributed by atoms with Crippen LogP contribution in [0, 0.1) is 60.3 Å². The second-order valence-corrected chi connectivity index (χ2v) is 48.6. The number of nitrogens with one attached hydrogen (secondary N) is 3. The molecule has 0 bridgehead atoms. The maximum absolute atomic E-state index is 6.00. The van der Waals surface area contributed by atoms with Gasteiger partial charge in [-0.25, -0.2) is 34.9 Å². The van der Waals surface area contributed by atoms with Gasteiger partial charge in [-0.1, -0.05) is 57.5 Å². The van der Waals surface area contributed by atoms with Crippen molar-refractivity contribution in [1.82, 2.24) is 90.4 Å². The number of unbranched alkanes of at least 4 members (excludes halogenated alkanes) is 3. The van der Waals surface area contributed by atoms with Crippen LogP contribution in [0.4, 0.5) is 17.5 Å². The average molecular weight is 1820 g/mol. The van der Waals surface area contributed by atoms with Crippen LogP contribution >= 0.6 is 107 Å². The first kappa shape index (κ1) is 86.2. The van der Waals surface area contributed by atoms with Gasteiger partial charge in [0.2, 0.25) is 11.8 Å². The zero-order valence-corrected chi connectivity index (χ0v) is 75.2. The molecule has 4 atom stereocenters. The third kappa shape index (κ3) is 29.7. The molecule has 3 aliphatic rings. The van der Waals surface area contributed by atoms with E-state index in [4.69, 9.17) is 55.0 Å². The van der Waals surface area contributed by atoms with Gasteiger partial charge >= 0.3 is 122 Å². The molecule has 578 valence electrons. The monoisotopic (exact) mass is 1820 g/mol. The Morgan fingerprint density at radius 1 is 0.523 bits per heavy atom. The molecule has 37 heteroatoms. The molecule has 2 saturated carbocycles. The number of aryl methyl sites for hydroxylation is 7. The van der Waals surface area contributed by atoms with E-state index in [1.807, 2.05) is 94.4 Å². The summed E-state index contributed by atoms with van der Waals surface area (Å²) in [6.45, 7) is 25.7. The Morgan fingerprint density at radius 3 is 1.39 bits per heavy atom. The molecule has 0 saturated heterocycles. The molecule has 12 heterocycles. The van der Waals surface area contributed by atoms with Gasteiger partial charge in [0, 0.05) is 104 Å². The molecule has 11 aromatic rings. The van der Waals surface area contributed by atoms with Crippen molar-refractivity contribution in [2.45, 2.75) is 172 Å². The predicted molar refractivity (Wildman–Crippen MR) is 453 cm³/mol. The van der Waals surface area contributed by atoms with Crippen molar-refractivity contribution in [3.05, 3.63) is 167 Å². The van der Waals surface area contributed by atoms with Crippen LogP contribution in [0.3, 0.4) is 0 Å². The fourth-order valence-corrected chi connectivity index (χ4v) is 33.7. The smallest absolute Gasteiger partial charge is 0.218 e. The quantitative estimate of drug-likeness (QED) is 0.0250. The van der Waals surface area contributed by atoms with Crippen LogP contribution in [0.2, 0.25) is 28.8 Å². The zero-order valence-electron chi connectivity index (χ0n) is 63.0. The minimum absolute atomic E-state index is 0.382. The van der Waals surface area contributed by atoms with E-state index in [0.29, 0.717) is 119 Å². The van der Waals surface area contributed by atoms with E-state index >= 15 is 0 Å². The van der Waals surface area contributed by atoms with Gasteiger partial charge in [0.15, 0.2) is 0 Å². The summed E-state index contributed by atoms with van der Waals surface area (Å²) in [7, 11) is -0.459. The third-order valence-electron chi connectivity index (χ3n) is 17.0. The zero-order chi connectivity index (χ0) is 77.7. The van der Waals surface area contributed by atoms with Crippen LogP contribution in [0.15, 0.2) is 97.4 Å². The molecule has 1 aliphatic heterocycles.